The summed E-state index contributed by atoms with van der Waals surface area (Å²) >= 11 is 0. The van der Waals surface area contributed by atoms with Crippen molar-refractivity contribution in [3.05, 3.63) is 88.8 Å². The van der Waals surface area contributed by atoms with E-state index in [0.717, 1.165) is 23.5 Å². The van der Waals surface area contributed by atoms with Gasteiger partial charge in [-0.25, -0.2) is 19.5 Å². The summed E-state index contributed by atoms with van der Waals surface area (Å²) in [7, 11) is 0. The molecular weight excluding hydrogens is 453 g/mol. The van der Waals surface area contributed by atoms with Crippen LogP contribution < -0.4 is 10.6 Å². The van der Waals surface area contributed by atoms with Crippen LogP contribution in [0.2, 0.25) is 0 Å². The van der Waals surface area contributed by atoms with Crippen LogP contribution in [0.5, 0.6) is 0 Å². The van der Waals surface area contributed by atoms with Gasteiger partial charge in [0.2, 0.25) is 0 Å². The number of amides is 2. The number of carbonyl (C=O) groups excluding carboxylic acids is 2. The Labute approximate surface area is 198 Å². The summed E-state index contributed by atoms with van der Waals surface area (Å²) in [6.07, 6.45) is 1.13. The van der Waals surface area contributed by atoms with Crippen LogP contribution in [0.3, 0.4) is 0 Å². The van der Waals surface area contributed by atoms with E-state index in [1.165, 1.54) is 18.2 Å². The number of halogens is 1. The third kappa shape index (κ3) is 5.48. The maximum absolute atomic E-state index is 13.5. The second-order valence-corrected chi connectivity index (χ2v) is 7.46. The molecule has 0 unspecified atom stereocenters. The van der Waals surface area contributed by atoms with Crippen LogP contribution in [0.1, 0.15) is 50.6 Å². The van der Waals surface area contributed by atoms with Crippen LogP contribution in [-0.4, -0.2) is 42.4 Å². The number of nitriles is 1. The molecule has 0 saturated carbocycles. The number of carbonyl (C=O) groups is 2. The topological polar surface area (TPSA) is 162 Å². The Morgan fingerprint density at radius 2 is 1.83 bits per heavy atom. The Morgan fingerprint density at radius 1 is 1.09 bits per heavy atom. The fraction of sp³-hybridized carbons (Fsp3) is 0.130. The van der Waals surface area contributed by atoms with Crippen LogP contribution in [0.15, 0.2) is 54.9 Å². The first-order chi connectivity index (χ1) is 16.9. The van der Waals surface area contributed by atoms with E-state index in [4.69, 9.17) is 5.26 Å². The van der Waals surface area contributed by atoms with E-state index >= 15 is 0 Å². The summed E-state index contributed by atoms with van der Waals surface area (Å²) in [5.41, 5.74) is 2.09. The fourth-order valence-electron chi connectivity index (χ4n) is 3.21. The zero-order valence-corrected chi connectivity index (χ0v) is 18.4. The highest BCUT2D eigenvalue weighted by Crippen LogP contribution is 2.18. The van der Waals surface area contributed by atoms with Crippen molar-refractivity contribution in [3.8, 4) is 17.5 Å². The van der Waals surface area contributed by atoms with Crippen molar-refractivity contribution in [2.45, 2.75) is 19.5 Å². The van der Waals surface area contributed by atoms with Gasteiger partial charge in [-0.15, -0.1) is 5.10 Å². The molecule has 3 N–H and O–H groups in total. The average molecular weight is 471 g/mol. The second-order valence-electron chi connectivity index (χ2n) is 7.46. The molecule has 11 nitrogen and oxygen atoms in total. The Hall–Kier alpha value is -5.05. The number of rotatable bonds is 7. The Balaban J connectivity index is 1.38. The van der Waals surface area contributed by atoms with Gasteiger partial charge >= 0.3 is 0 Å². The summed E-state index contributed by atoms with van der Waals surface area (Å²) in [6.45, 7) is 1.87. The molecule has 0 aliphatic carbocycles. The zero-order chi connectivity index (χ0) is 24.8. The highest BCUT2D eigenvalue weighted by Gasteiger charge is 2.16. The molecule has 2 aromatic heterocycles. The molecule has 2 aromatic carbocycles. The Kier molecular flexibility index (Phi) is 6.78. The third-order valence-corrected chi connectivity index (χ3v) is 5.11. The molecule has 0 spiro atoms. The van der Waals surface area contributed by atoms with Crippen LogP contribution in [-0.2, 0) is 6.54 Å². The second kappa shape index (κ2) is 10.3. The molecule has 4 rings (SSSR count). The number of aromatic amines is 1. The minimum absolute atomic E-state index is 0.00885. The molecule has 4 aromatic rings. The van der Waals surface area contributed by atoms with Gasteiger partial charge in [0.25, 0.3) is 11.8 Å². The van der Waals surface area contributed by atoms with Gasteiger partial charge in [0.05, 0.1) is 11.6 Å². The maximum atomic E-state index is 13.5. The first kappa shape index (κ1) is 23.1. The average Bonchev–Trinajstić information content (AvgIpc) is 3.43. The van der Waals surface area contributed by atoms with Crippen molar-refractivity contribution in [2.75, 3.05) is 0 Å². The molecule has 1 atom stereocenters. The molecule has 35 heavy (non-hydrogen) atoms. The summed E-state index contributed by atoms with van der Waals surface area (Å²) < 4.78 is 13.5. The molecule has 2 amide bonds. The normalized spacial score (nSPS) is 11.3. The molecule has 0 radical (unpaired) electrons. The van der Waals surface area contributed by atoms with E-state index in [9.17, 15) is 14.0 Å². The van der Waals surface area contributed by atoms with E-state index in [2.05, 4.69) is 41.2 Å². The zero-order valence-electron chi connectivity index (χ0n) is 18.4. The Bertz CT molecular complexity index is 1400. The van der Waals surface area contributed by atoms with Gasteiger partial charge in [0, 0.05) is 18.2 Å². The van der Waals surface area contributed by atoms with Crippen LogP contribution in [0.4, 0.5) is 4.39 Å². The highest BCUT2D eigenvalue weighted by molar-refractivity contribution is 5.97. The smallest absolute Gasteiger partial charge is 0.270 e. The molecule has 0 saturated heterocycles. The molecule has 0 aliphatic rings. The van der Waals surface area contributed by atoms with E-state index in [1.807, 2.05) is 31.2 Å². The largest absolute Gasteiger partial charge is 0.347 e. The molecular formula is C23H18FN9O2. The van der Waals surface area contributed by atoms with Crippen molar-refractivity contribution in [2.24, 2.45) is 0 Å². The SMILES string of the molecule is C[C@H](NC(=O)c1cc(C(=O)NCc2ccc(F)c(C#N)c2)ncn1)c1ccc(-c2nnn[nH]2)cc1. The first-order valence-corrected chi connectivity index (χ1v) is 10.4. The predicted octanol–water partition coefficient (Wildman–Crippen LogP) is 2.09. The number of hydrogen-bond donors (Lipinski definition) is 3. The van der Waals surface area contributed by atoms with Crippen LogP contribution >= 0.6 is 0 Å². The van der Waals surface area contributed by atoms with Gasteiger partial charge in [0.1, 0.15) is 29.6 Å². The van der Waals surface area contributed by atoms with E-state index in [-0.39, 0.29) is 29.5 Å². The van der Waals surface area contributed by atoms with Gasteiger partial charge < -0.3 is 10.6 Å². The number of nitrogens with zero attached hydrogens (tertiary/aromatic N) is 6. The van der Waals surface area contributed by atoms with Gasteiger partial charge in [-0.3, -0.25) is 9.59 Å². The quantitative estimate of drug-likeness (QED) is 0.369. The van der Waals surface area contributed by atoms with Crippen molar-refractivity contribution in [3.63, 3.8) is 0 Å². The van der Waals surface area contributed by atoms with E-state index < -0.39 is 17.6 Å². The molecule has 174 valence electrons. The minimum Gasteiger partial charge on any atom is -0.347 e. The molecule has 12 heteroatoms. The number of nitrogens with one attached hydrogen (secondary N) is 3. The number of H-pyrrole nitrogens is 1. The summed E-state index contributed by atoms with van der Waals surface area (Å²) in [5.74, 6) is -1.12. The predicted molar refractivity (Wildman–Crippen MR) is 120 cm³/mol. The van der Waals surface area contributed by atoms with Gasteiger partial charge in [-0.2, -0.15) is 5.26 Å². The van der Waals surface area contributed by atoms with Crippen molar-refractivity contribution < 1.29 is 14.0 Å². The number of hydrogen-bond acceptors (Lipinski definition) is 8. The lowest BCUT2D eigenvalue weighted by Gasteiger charge is -2.14. The van der Waals surface area contributed by atoms with E-state index in [0.29, 0.717) is 11.4 Å². The highest BCUT2D eigenvalue weighted by atomic mass is 19.1. The summed E-state index contributed by atoms with van der Waals surface area (Å²) in [4.78, 5) is 33.1. The maximum Gasteiger partial charge on any atom is 0.270 e. The molecule has 0 fully saturated rings. The van der Waals surface area contributed by atoms with Crippen LogP contribution in [0.25, 0.3) is 11.4 Å². The number of aromatic nitrogens is 6. The van der Waals surface area contributed by atoms with Gasteiger partial charge in [0.15, 0.2) is 5.82 Å². The third-order valence-electron chi connectivity index (χ3n) is 5.11. The Morgan fingerprint density at radius 3 is 2.51 bits per heavy atom. The van der Waals surface area contributed by atoms with Gasteiger partial charge in [-0.1, -0.05) is 30.3 Å². The van der Waals surface area contributed by atoms with Crippen molar-refractivity contribution >= 4 is 11.8 Å². The minimum atomic E-state index is -0.633. The van der Waals surface area contributed by atoms with Gasteiger partial charge in [-0.05, 0) is 40.6 Å². The standard InChI is InChI=1S/C23H18FN9O2/c1-13(15-3-5-16(6-4-15)21-30-32-33-31-21)29-23(35)20-9-19(27-12-28-20)22(34)26-11-14-2-7-18(24)17(8-14)10-25/h2-9,12-13H,11H2,1H3,(H,26,34)(H,29,35)(H,30,31,32,33)/t13-/m0/s1. The number of benzene rings is 2. The lowest BCUT2D eigenvalue weighted by atomic mass is 10.1. The van der Waals surface area contributed by atoms with E-state index in [1.54, 1.807) is 6.07 Å². The summed E-state index contributed by atoms with van der Waals surface area (Å²) in [5, 5.41) is 28.0. The van der Waals surface area contributed by atoms with Crippen molar-refractivity contribution in [1.82, 2.24) is 41.2 Å². The van der Waals surface area contributed by atoms with Crippen molar-refractivity contribution in [1.29, 1.82) is 5.26 Å². The molecule has 0 aliphatic heterocycles. The summed E-state index contributed by atoms with van der Waals surface area (Å²) in [6, 6.07) is 14.0. The lowest BCUT2D eigenvalue weighted by Crippen LogP contribution is -2.29. The fourth-order valence-corrected chi connectivity index (χ4v) is 3.21. The monoisotopic (exact) mass is 471 g/mol. The lowest BCUT2D eigenvalue weighted by molar-refractivity contribution is 0.0934. The molecule has 0 bridgehead atoms. The van der Waals surface area contributed by atoms with Crippen LogP contribution in [0, 0.1) is 17.1 Å². The molecule has 2 heterocycles. The number of tetrazole rings is 1. The first-order valence-electron chi connectivity index (χ1n) is 10.4.